The van der Waals surface area contributed by atoms with Gasteiger partial charge in [0.25, 0.3) is 0 Å². The van der Waals surface area contributed by atoms with Crippen LogP contribution in [0.3, 0.4) is 0 Å². The third-order valence-electron chi connectivity index (χ3n) is 2.29. The molecule has 2 heterocycles. The molecule has 0 bridgehead atoms. The number of aryl methyl sites for hydroxylation is 1. The fraction of sp³-hybridized carbons (Fsp3) is 0.571. The highest BCUT2D eigenvalue weighted by atomic mass is 32.2. The van der Waals surface area contributed by atoms with Crippen molar-refractivity contribution in [3.63, 3.8) is 0 Å². The monoisotopic (exact) mass is 201 g/mol. The zero-order chi connectivity index (χ0) is 9.64. The van der Waals surface area contributed by atoms with E-state index in [2.05, 4.69) is 5.10 Å². The van der Waals surface area contributed by atoms with Crippen LogP contribution in [0.5, 0.6) is 0 Å². The molecule has 2 rings (SSSR count). The van der Waals surface area contributed by atoms with E-state index in [4.69, 9.17) is 0 Å². The second-order valence-corrected chi connectivity index (χ2v) is 5.25. The second-order valence-electron chi connectivity index (χ2n) is 3.27. The first kappa shape index (κ1) is 8.71. The molecule has 0 fully saturated rings. The van der Waals surface area contributed by atoms with Gasteiger partial charge >= 0.3 is 0 Å². The topological polar surface area (TPSA) is 55.2 Å². The Morgan fingerprint density at radius 2 is 2.15 bits per heavy atom. The highest BCUT2D eigenvalue weighted by Crippen LogP contribution is 2.23. The summed E-state index contributed by atoms with van der Waals surface area (Å²) < 4.78 is 25.6. The number of aromatic nitrogens is 2. The lowest BCUT2D eigenvalue weighted by Crippen LogP contribution is -2.24. The first-order valence-electron chi connectivity index (χ1n) is 3.93. The molecule has 0 amide bonds. The summed E-state index contributed by atoms with van der Waals surface area (Å²) in [6.45, 7) is 0.909. The summed E-state index contributed by atoms with van der Waals surface area (Å²) in [5.74, 6) is 0. The molecular weight excluding hydrogens is 190 g/mol. The lowest BCUT2D eigenvalue weighted by atomic mass is 10.3. The normalized spacial score (nSPS) is 17.7. The van der Waals surface area contributed by atoms with E-state index in [0.717, 1.165) is 11.3 Å². The Morgan fingerprint density at radius 1 is 1.46 bits per heavy atom. The van der Waals surface area contributed by atoms with Gasteiger partial charge in [-0.15, -0.1) is 0 Å². The smallest absolute Gasteiger partial charge is 0.211 e. The van der Waals surface area contributed by atoms with Crippen molar-refractivity contribution >= 4 is 10.0 Å². The van der Waals surface area contributed by atoms with Crippen LogP contribution in [0.2, 0.25) is 0 Å². The van der Waals surface area contributed by atoms with E-state index in [1.807, 2.05) is 7.05 Å². The lowest BCUT2D eigenvalue weighted by molar-refractivity contribution is 0.426. The molecule has 13 heavy (non-hydrogen) atoms. The summed E-state index contributed by atoms with van der Waals surface area (Å²) in [5, 5.41) is 4.05. The maximum Gasteiger partial charge on any atom is 0.211 e. The molecule has 0 saturated carbocycles. The van der Waals surface area contributed by atoms with Gasteiger partial charge in [0.15, 0.2) is 0 Å². The summed E-state index contributed by atoms with van der Waals surface area (Å²) in [6, 6.07) is 0. The van der Waals surface area contributed by atoms with Crippen molar-refractivity contribution in [2.45, 2.75) is 13.1 Å². The van der Waals surface area contributed by atoms with Crippen LogP contribution in [0, 0.1) is 0 Å². The first-order chi connectivity index (χ1) is 5.98. The molecule has 1 aromatic heterocycles. The Labute approximate surface area is 77.0 Å². The molecular formula is C7H11N3O2S. The van der Waals surface area contributed by atoms with Crippen LogP contribution in [0.15, 0.2) is 6.20 Å². The molecule has 0 spiro atoms. The van der Waals surface area contributed by atoms with Gasteiger partial charge < -0.3 is 0 Å². The average molecular weight is 201 g/mol. The lowest BCUT2D eigenvalue weighted by Gasteiger charge is -2.11. The standard InChI is InChI=1S/C7H11N3O2S/c1-9-7-5-10(13(2,11)12)4-6(7)3-8-9/h3H,4-5H2,1-2H3. The molecule has 0 saturated heterocycles. The van der Waals surface area contributed by atoms with Crippen molar-refractivity contribution in [3.8, 4) is 0 Å². The highest BCUT2D eigenvalue weighted by Gasteiger charge is 2.28. The van der Waals surface area contributed by atoms with Crippen LogP contribution >= 0.6 is 0 Å². The van der Waals surface area contributed by atoms with Crippen molar-refractivity contribution in [1.29, 1.82) is 0 Å². The number of rotatable bonds is 1. The van der Waals surface area contributed by atoms with Gasteiger partial charge in [-0.05, 0) is 0 Å². The summed E-state index contributed by atoms with van der Waals surface area (Å²) in [7, 11) is -1.24. The van der Waals surface area contributed by atoms with Crippen molar-refractivity contribution < 1.29 is 8.42 Å². The predicted molar refractivity (Wildman–Crippen MR) is 47.3 cm³/mol. The van der Waals surface area contributed by atoms with Crippen molar-refractivity contribution in [1.82, 2.24) is 14.1 Å². The van der Waals surface area contributed by atoms with Crippen LogP contribution < -0.4 is 0 Å². The highest BCUT2D eigenvalue weighted by molar-refractivity contribution is 7.88. The van der Waals surface area contributed by atoms with E-state index in [0.29, 0.717) is 13.1 Å². The zero-order valence-corrected chi connectivity index (χ0v) is 8.37. The van der Waals surface area contributed by atoms with E-state index in [-0.39, 0.29) is 0 Å². The fourth-order valence-electron chi connectivity index (χ4n) is 1.49. The SMILES string of the molecule is Cn1ncc2c1CN(S(C)(=O)=O)C2. The molecule has 1 aliphatic heterocycles. The van der Waals surface area contributed by atoms with Gasteiger partial charge in [0.1, 0.15) is 0 Å². The molecule has 1 aliphatic rings. The molecule has 0 radical (unpaired) electrons. The first-order valence-corrected chi connectivity index (χ1v) is 5.78. The number of nitrogens with zero attached hydrogens (tertiary/aromatic N) is 3. The van der Waals surface area contributed by atoms with Crippen molar-refractivity contribution in [3.05, 3.63) is 17.5 Å². The third kappa shape index (κ3) is 1.36. The molecule has 72 valence electrons. The summed E-state index contributed by atoms with van der Waals surface area (Å²) in [5.41, 5.74) is 2.00. The minimum atomic E-state index is -3.06. The van der Waals surface area contributed by atoms with Crippen molar-refractivity contribution in [2.24, 2.45) is 7.05 Å². The largest absolute Gasteiger partial charge is 0.271 e. The molecule has 0 aliphatic carbocycles. The zero-order valence-electron chi connectivity index (χ0n) is 7.56. The summed E-state index contributed by atoms with van der Waals surface area (Å²) in [4.78, 5) is 0. The van der Waals surface area contributed by atoms with Crippen LogP contribution in [0.25, 0.3) is 0 Å². The number of hydrogen-bond acceptors (Lipinski definition) is 3. The van der Waals surface area contributed by atoms with Gasteiger partial charge in [-0.1, -0.05) is 0 Å². The Morgan fingerprint density at radius 3 is 2.69 bits per heavy atom. The van der Waals surface area contributed by atoms with Crippen LogP contribution in [0.4, 0.5) is 0 Å². The molecule has 0 atom stereocenters. The van der Waals surface area contributed by atoms with Crippen LogP contribution in [-0.2, 0) is 30.2 Å². The quantitative estimate of drug-likeness (QED) is 0.626. The van der Waals surface area contributed by atoms with E-state index in [9.17, 15) is 8.42 Å². The number of hydrogen-bond donors (Lipinski definition) is 0. The van der Waals surface area contributed by atoms with Gasteiger partial charge in [-0.2, -0.15) is 9.40 Å². The molecule has 5 nitrogen and oxygen atoms in total. The maximum absolute atomic E-state index is 11.2. The molecule has 0 aromatic carbocycles. The van der Waals surface area contributed by atoms with Crippen LogP contribution in [0.1, 0.15) is 11.3 Å². The van der Waals surface area contributed by atoms with Gasteiger partial charge in [-0.25, -0.2) is 8.42 Å². The Bertz CT molecular complexity index is 435. The Hall–Kier alpha value is -0.880. The minimum Gasteiger partial charge on any atom is -0.271 e. The summed E-state index contributed by atoms with van der Waals surface area (Å²) >= 11 is 0. The van der Waals surface area contributed by atoms with Gasteiger partial charge in [0.05, 0.1) is 24.7 Å². The predicted octanol–water partition coefficient (Wildman–Crippen LogP) is -0.305. The van der Waals surface area contributed by atoms with Gasteiger partial charge in [-0.3, -0.25) is 4.68 Å². The second kappa shape index (κ2) is 2.55. The minimum absolute atomic E-state index is 0.449. The van der Waals surface area contributed by atoms with E-state index in [1.165, 1.54) is 10.6 Å². The average Bonchev–Trinajstić information content (AvgIpc) is 2.51. The Balaban J connectivity index is 2.34. The Kier molecular flexibility index (Phi) is 1.71. The van der Waals surface area contributed by atoms with Gasteiger partial charge in [0.2, 0.25) is 10.0 Å². The number of sulfonamides is 1. The summed E-state index contributed by atoms with van der Waals surface area (Å²) in [6.07, 6.45) is 2.95. The third-order valence-corrected chi connectivity index (χ3v) is 3.49. The maximum atomic E-state index is 11.2. The van der Waals surface area contributed by atoms with E-state index >= 15 is 0 Å². The van der Waals surface area contributed by atoms with E-state index < -0.39 is 10.0 Å². The van der Waals surface area contributed by atoms with E-state index in [1.54, 1.807) is 10.9 Å². The fourth-order valence-corrected chi connectivity index (χ4v) is 2.22. The molecule has 1 aromatic rings. The number of fused-ring (bicyclic) bond motifs is 1. The molecule has 0 unspecified atom stereocenters. The molecule has 0 N–H and O–H groups in total. The van der Waals surface area contributed by atoms with Crippen LogP contribution in [-0.4, -0.2) is 28.8 Å². The van der Waals surface area contributed by atoms with Crippen molar-refractivity contribution in [2.75, 3.05) is 6.26 Å². The van der Waals surface area contributed by atoms with Gasteiger partial charge in [0, 0.05) is 19.2 Å². The molecule has 6 heteroatoms.